The monoisotopic (exact) mass is 230 g/mol. The molecule has 0 saturated heterocycles. The summed E-state index contributed by atoms with van der Waals surface area (Å²) < 4.78 is 30.1. The van der Waals surface area contributed by atoms with Gasteiger partial charge >= 0.3 is 11.9 Å². The van der Waals surface area contributed by atoms with E-state index in [2.05, 4.69) is 4.74 Å². The molecule has 0 amide bonds. The van der Waals surface area contributed by atoms with Gasteiger partial charge in [-0.05, 0) is 17.7 Å². The Kier molecular flexibility index (Phi) is 3.55. The van der Waals surface area contributed by atoms with Crippen LogP contribution < -0.4 is 0 Å². The van der Waals surface area contributed by atoms with E-state index in [-0.39, 0.29) is 11.1 Å². The molecule has 0 aromatic heterocycles. The Morgan fingerprint density at radius 1 is 1.31 bits per heavy atom. The Labute approximate surface area is 89.5 Å². The van der Waals surface area contributed by atoms with E-state index in [9.17, 15) is 18.4 Å². The van der Waals surface area contributed by atoms with Gasteiger partial charge in [0.25, 0.3) is 0 Å². The van der Waals surface area contributed by atoms with Crippen molar-refractivity contribution < 1.29 is 28.2 Å². The second kappa shape index (κ2) is 4.69. The molecule has 1 aromatic carbocycles. The van der Waals surface area contributed by atoms with Crippen LogP contribution in [0.5, 0.6) is 0 Å². The number of carboxylic acids is 1. The van der Waals surface area contributed by atoms with Crippen LogP contribution in [0.25, 0.3) is 0 Å². The third kappa shape index (κ3) is 2.53. The van der Waals surface area contributed by atoms with Gasteiger partial charge in [-0.15, -0.1) is 0 Å². The van der Waals surface area contributed by atoms with Crippen molar-refractivity contribution in [1.82, 2.24) is 0 Å². The Morgan fingerprint density at radius 2 is 1.88 bits per heavy atom. The maximum atomic E-state index is 12.9. The Morgan fingerprint density at radius 3 is 2.38 bits per heavy atom. The standard InChI is InChI=1S/C10H8F2O4/c1-16-10(15)6-4-8(12)7(11)2-5(6)3-9(13)14/h2,4H,3H2,1H3,(H,13,14). The highest BCUT2D eigenvalue weighted by Gasteiger charge is 2.18. The highest BCUT2D eigenvalue weighted by atomic mass is 19.2. The van der Waals surface area contributed by atoms with E-state index in [1.165, 1.54) is 0 Å². The van der Waals surface area contributed by atoms with E-state index >= 15 is 0 Å². The van der Waals surface area contributed by atoms with Crippen LogP contribution in [0.3, 0.4) is 0 Å². The Balaban J connectivity index is 3.27. The zero-order valence-electron chi connectivity index (χ0n) is 8.29. The van der Waals surface area contributed by atoms with E-state index in [0.717, 1.165) is 7.11 Å². The number of hydrogen-bond acceptors (Lipinski definition) is 3. The summed E-state index contributed by atoms with van der Waals surface area (Å²) in [5, 5.41) is 8.54. The number of aliphatic carboxylic acids is 1. The molecule has 6 heteroatoms. The second-order valence-corrected chi connectivity index (χ2v) is 2.99. The van der Waals surface area contributed by atoms with Crippen LogP contribution in [0.2, 0.25) is 0 Å². The Bertz CT molecular complexity index is 443. The molecule has 0 spiro atoms. The fourth-order valence-electron chi connectivity index (χ4n) is 1.20. The lowest BCUT2D eigenvalue weighted by atomic mass is 10.0. The fourth-order valence-corrected chi connectivity index (χ4v) is 1.20. The van der Waals surface area contributed by atoms with E-state index in [4.69, 9.17) is 5.11 Å². The number of methoxy groups -OCH3 is 1. The summed E-state index contributed by atoms with van der Waals surface area (Å²) in [6.07, 6.45) is -0.582. The molecule has 0 bridgehead atoms. The van der Waals surface area contributed by atoms with Crippen molar-refractivity contribution in [2.24, 2.45) is 0 Å². The van der Waals surface area contributed by atoms with Crippen LogP contribution in [0, 0.1) is 11.6 Å². The maximum absolute atomic E-state index is 12.9. The van der Waals surface area contributed by atoms with E-state index in [1.54, 1.807) is 0 Å². The third-order valence-corrected chi connectivity index (χ3v) is 1.89. The molecule has 1 N–H and O–H groups in total. The van der Waals surface area contributed by atoms with Crippen molar-refractivity contribution in [2.45, 2.75) is 6.42 Å². The molecular weight excluding hydrogens is 222 g/mol. The van der Waals surface area contributed by atoms with Crippen molar-refractivity contribution >= 4 is 11.9 Å². The SMILES string of the molecule is COC(=O)c1cc(F)c(F)cc1CC(=O)O. The normalized spacial score (nSPS) is 9.94. The number of halogens is 2. The molecule has 0 fully saturated rings. The van der Waals surface area contributed by atoms with E-state index in [0.29, 0.717) is 12.1 Å². The van der Waals surface area contributed by atoms with Gasteiger partial charge in [0.2, 0.25) is 0 Å². The minimum Gasteiger partial charge on any atom is -0.481 e. The highest BCUT2D eigenvalue weighted by Crippen LogP contribution is 2.16. The summed E-state index contributed by atoms with van der Waals surface area (Å²) in [4.78, 5) is 21.6. The molecule has 0 aliphatic heterocycles. The molecule has 0 atom stereocenters. The molecule has 0 saturated carbocycles. The highest BCUT2D eigenvalue weighted by molar-refractivity contribution is 5.92. The quantitative estimate of drug-likeness (QED) is 0.796. The van der Waals surface area contributed by atoms with Gasteiger partial charge in [-0.3, -0.25) is 4.79 Å². The topological polar surface area (TPSA) is 63.6 Å². The molecule has 0 heterocycles. The van der Waals surface area contributed by atoms with E-state index < -0.39 is 30.0 Å². The van der Waals surface area contributed by atoms with Crippen LogP contribution >= 0.6 is 0 Å². The van der Waals surface area contributed by atoms with E-state index in [1.807, 2.05) is 0 Å². The van der Waals surface area contributed by atoms with Crippen molar-refractivity contribution in [3.63, 3.8) is 0 Å². The number of rotatable bonds is 3. The Hall–Kier alpha value is -1.98. The van der Waals surface area contributed by atoms with Crippen LogP contribution in [-0.4, -0.2) is 24.2 Å². The van der Waals surface area contributed by atoms with Gasteiger partial charge in [0.1, 0.15) is 0 Å². The van der Waals surface area contributed by atoms with Crippen LogP contribution in [0.4, 0.5) is 8.78 Å². The average molecular weight is 230 g/mol. The first-order valence-corrected chi connectivity index (χ1v) is 4.23. The lowest BCUT2D eigenvalue weighted by Gasteiger charge is -2.06. The largest absolute Gasteiger partial charge is 0.481 e. The fraction of sp³-hybridized carbons (Fsp3) is 0.200. The van der Waals surface area contributed by atoms with Gasteiger partial charge in [-0.1, -0.05) is 0 Å². The van der Waals surface area contributed by atoms with Gasteiger partial charge in [0, 0.05) is 0 Å². The minimum absolute atomic E-state index is 0.127. The second-order valence-electron chi connectivity index (χ2n) is 2.99. The summed E-state index contributed by atoms with van der Waals surface area (Å²) in [5.41, 5.74) is -0.415. The lowest BCUT2D eigenvalue weighted by molar-refractivity contribution is -0.136. The zero-order valence-corrected chi connectivity index (χ0v) is 8.29. The van der Waals surface area contributed by atoms with Crippen molar-refractivity contribution in [2.75, 3.05) is 7.11 Å². The molecule has 16 heavy (non-hydrogen) atoms. The van der Waals surface area contributed by atoms with Gasteiger partial charge in [-0.25, -0.2) is 13.6 Å². The number of hydrogen-bond donors (Lipinski definition) is 1. The summed E-state index contributed by atoms with van der Waals surface area (Å²) in [7, 11) is 1.06. The summed E-state index contributed by atoms with van der Waals surface area (Å²) in [5.74, 6) is -4.59. The number of carbonyl (C=O) groups excluding carboxylic acids is 1. The van der Waals surface area contributed by atoms with Crippen LogP contribution in [-0.2, 0) is 16.0 Å². The average Bonchev–Trinajstić information content (AvgIpc) is 2.21. The predicted molar refractivity (Wildman–Crippen MR) is 49.0 cm³/mol. The third-order valence-electron chi connectivity index (χ3n) is 1.89. The first-order chi connectivity index (χ1) is 7.45. The molecule has 1 rings (SSSR count). The molecule has 86 valence electrons. The molecule has 1 aromatic rings. The van der Waals surface area contributed by atoms with Crippen LogP contribution in [0.1, 0.15) is 15.9 Å². The van der Waals surface area contributed by atoms with Gasteiger partial charge < -0.3 is 9.84 Å². The predicted octanol–water partition coefficient (Wildman–Crippen LogP) is 1.38. The van der Waals surface area contributed by atoms with Crippen molar-refractivity contribution in [3.05, 3.63) is 34.9 Å². The first kappa shape index (κ1) is 12.1. The molecule has 0 aliphatic rings. The molecular formula is C10H8F2O4. The number of ether oxygens (including phenoxy) is 1. The first-order valence-electron chi connectivity index (χ1n) is 4.23. The van der Waals surface area contributed by atoms with Gasteiger partial charge in [0.15, 0.2) is 11.6 Å². The minimum atomic E-state index is -1.25. The maximum Gasteiger partial charge on any atom is 0.338 e. The number of benzene rings is 1. The molecule has 0 radical (unpaired) electrons. The zero-order chi connectivity index (χ0) is 12.3. The van der Waals surface area contributed by atoms with Crippen molar-refractivity contribution in [1.29, 1.82) is 0 Å². The lowest BCUT2D eigenvalue weighted by Crippen LogP contribution is -2.11. The summed E-state index contributed by atoms with van der Waals surface area (Å²) in [6.45, 7) is 0. The summed E-state index contributed by atoms with van der Waals surface area (Å²) >= 11 is 0. The van der Waals surface area contributed by atoms with Gasteiger partial charge in [-0.2, -0.15) is 0 Å². The number of carbonyl (C=O) groups is 2. The van der Waals surface area contributed by atoms with Gasteiger partial charge in [0.05, 0.1) is 19.1 Å². The van der Waals surface area contributed by atoms with Crippen molar-refractivity contribution in [3.8, 4) is 0 Å². The number of esters is 1. The molecule has 4 nitrogen and oxygen atoms in total. The summed E-state index contributed by atoms with van der Waals surface area (Å²) in [6, 6.07) is 1.30. The molecule has 0 unspecified atom stereocenters. The van der Waals surface area contributed by atoms with Crippen LogP contribution in [0.15, 0.2) is 12.1 Å². The molecule has 0 aliphatic carbocycles. The smallest absolute Gasteiger partial charge is 0.338 e. The number of carboxylic acid groups (broad SMARTS) is 1.